The molecule has 0 spiro atoms. The lowest BCUT2D eigenvalue weighted by molar-refractivity contribution is -0.143. The molecular weight excluding hydrogens is 624 g/mol. The minimum atomic E-state index is -5.16. The highest BCUT2D eigenvalue weighted by Gasteiger charge is 2.50. The quantitative estimate of drug-likeness (QED) is 0.428. The average molecular weight is 652 g/mol. The van der Waals surface area contributed by atoms with E-state index in [2.05, 4.69) is 10.3 Å². The molecule has 3 atom stereocenters. The number of ether oxygens (including phenoxy) is 1. The van der Waals surface area contributed by atoms with E-state index in [9.17, 15) is 44.3 Å². The second-order valence-corrected chi connectivity index (χ2v) is 14.4. The van der Waals surface area contributed by atoms with Gasteiger partial charge in [0.2, 0.25) is 0 Å². The van der Waals surface area contributed by atoms with Gasteiger partial charge in [0.25, 0.3) is 5.91 Å². The number of thioether (sulfide) groups is 1. The monoisotopic (exact) mass is 651 g/mol. The number of amidine groups is 1. The van der Waals surface area contributed by atoms with Gasteiger partial charge in [-0.1, -0.05) is 42.1 Å². The van der Waals surface area contributed by atoms with Crippen LogP contribution in [0.5, 0.6) is 0 Å². The molecule has 2 aromatic rings. The second-order valence-electron chi connectivity index (χ2n) is 11.1. The molecule has 16 heteroatoms. The molecule has 0 aliphatic carbocycles. The van der Waals surface area contributed by atoms with Gasteiger partial charge in [0.15, 0.2) is 15.0 Å². The Morgan fingerprint density at radius 2 is 1.58 bits per heavy atom. The number of nitrogens with one attached hydrogen (secondary N) is 1. The highest BCUT2D eigenvalue weighted by Crippen LogP contribution is 2.44. The highest BCUT2D eigenvalue weighted by molar-refractivity contribution is 8.16. The summed E-state index contributed by atoms with van der Waals surface area (Å²) in [7, 11) is -3.69. The lowest BCUT2D eigenvalue weighted by Crippen LogP contribution is -2.45. The summed E-state index contributed by atoms with van der Waals surface area (Å²) in [5.41, 5.74) is -4.14. The number of sulfone groups is 1. The molecule has 0 radical (unpaired) electrons. The van der Waals surface area contributed by atoms with E-state index in [1.165, 1.54) is 0 Å². The van der Waals surface area contributed by atoms with Gasteiger partial charge in [-0.3, -0.25) is 4.79 Å². The van der Waals surface area contributed by atoms with E-state index >= 15 is 0 Å². The third-order valence-electron chi connectivity index (χ3n) is 6.39. The molecule has 2 fully saturated rings. The van der Waals surface area contributed by atoms with Gasteiger partial charge in [-0.05, 0) is 44.5 Å². The van der Waals surface area contributed by atoms with Crippen molar-refractivity contribution in [1.29, 1.82) is 0 Å². The van der Waals surface area contributed by atoms with Crippen LogP contribution in [0, 0.1) is 0 Å². The molecule has 0 aromatic heterocycles. The van der Waals surface area contributed by atoms with E-state index in [0.717, 1.165) is 16.7 Å². The number of carbonyl (C=O) groups is 2. The van der Waals surface area contributed by atoms with E-state index in [1.807, 2.05) is 0 Å². The maximum absolute atomic E-state index is 13.6. The molecule has 1 N–H and O–H groups in total. The van der Waals surface area contributed by atoms with Crippen molar-refractivity contribution in [2.45, 2.75) is 62.5 Å². The summed E-state index contributed by atoms with van der Waals surface area (Å²) in [6.45, 7) is 4.81. The molecule has 0 unspecified atom stereocenters. The van der Waals surface area contributed by atoms with Gasteiger partial charge >= 0.3 is 18.4 Å². The van der Waals surface area contributed by atoms with Crippen LogP contribution in [0.1, 0.15) is 37.5 Å². The van der Waals surface area contributed by atoms with Crippen molar-refractivity contribution in [3.63, 3.8) is 0 Å². The first-order valence-corrected chi connectivity index (χ1v) is 15.5. The van der Waals surface area contributed by atoms with Crippen LogP contribution in [0.2, 0.25) is 0 Å². The van der Waals surface area contributed by atoms with Crippen LogP contribution < -0.4 is 10.2 Å². The Morgan fingerprint density at radius 3 is 2.12 bits per heavy atom. The summed E-state index contributed by atoms with van der Waals surface area (Å²) in [5, 5.41) is 1.33. The van der Waals surface area contributed by atoms with Crippen molar-refractivity contribution in [2.75, 3.05) is 16.4 Å². The molecule has 0 saturated carbocycles. The smallest absolute Gasteiger partial charge is 0.416 e. The molecule has 0 bridgehead atoms. The van der Waals surface area contributed by atoms with Gasteiger partial charge in [-0.25, -0.2) is 13.2 Å². The van der Waals surface area contributed by atoms with Crippen molar-refractivity contribution >= 4 is 44.5 Å². The van der Waals surface area contributed by atoms with E-state index in [0.29, 0.717) is 17.7 Å². The molecule has 2 saturated heterocycles. The number of nitrogens with zero attached hydrogens (tertiary/aromatic N) is 2. The minimum Gasteiger partial charge on any atom is -0.444 e. The number of halogens is 6. The lowest BCUT2D eigenvalue weighted by Gasteiger charge is -2.27. The van der Waals surface area contributed by atoms with Crippen LogP contribution >= 0.6 is 11.8 Å². The normalized spacial score (nSPS) is 21.9. The molecule has 2 heterocycles. The summed E-state index contributed by atoms with van der Waals surface area (Å²) in [6, 6.07) is 6.93. The second kappa shape index (κ2) is 11.7. The zero-order valence-electron chi connectivity index (χ0n) is 23.0. The maximum Gasteiger partial charge on any atom is 0.416 e. The first-order chi connectivity index (χ1) is 19.7. The number of carbonyl (C=O) groups excluding carboxylic acids is 2. The molecule has 2 aliphatic rings. The minimum absolute atomic E-state index is 0.0435. The molecular formula is C27H27F6N3O5S2. The van der Waals surface area contributed by atoms with Crippen LogP contribution in [-0.4, -0.2) is 60.0 Å². The summed E-state index contributed by atoms with van der Waals surface area (Å²) >= 11 is 0.764. The number of hydrogen-bond acceptors (Lipinski definition) is 6. The summed E-state index contributed by atoms with van der Waals surface area (Å²) in [6.07, 6.45) is -11.3. The standard InChI is InChI=1S/C27H27F6N3O5S2/c1-25(2,3)41-24(38)34-19(9-15-7-5-4-6-8-15)22(37)35-23-36(20-13-43(39,40)14-21(20)42-23)18-11-16(26(28,29)30)10-17(12-18)27(31,32)33/h4-8,10-12,19-21H,9,13-14H2,1-3H3,(H,34,38)/t19-,20-,21+/m1/s1. The Bertz CT molecular complexity index is 1490. The largest absolute Gasteiger partial charge is 0.444 e. The van der Waals surface area contributed by atoms with Gasteiger partial charge in [0.1, 0.15) is 11.6 Å². The van der Waals surface area contributed by atoms with Gasteiger partial charge in [0, 0.05) is 17.4 Å². The van der Waals surface area contributed by atoms with Crippen LogP contribution in [0.25, 0.3) is 0 Å². The molecule has 234 valence electrons. The van der Waals surface area contributed by atoms with Gasteiger partial charge in [-0.15, -0.1) is 0 Å². The van der Waals surface area contributed by atoms with Gasteiger partial charge < -0.3 is 15.0 Å². The van der Waals surface area contributed by atoms with E-state index < -0.39 is 85.4 Å². The number of alkyl halides is 6. The molecule has 2 aliphatic heterocycles. The number of anilines is 1. The molecule has 43 heavy (non-hydrogen) atoms. The Morgan fingerprint density at radius 1 is 1.00 bits per heavy atom. The predicted molar refractivity (Wildman–Crippen MR) is 148 cm³/mol. The molecule has 2 aromatic carbocycles. The Labute approximate surface area is 247 Å². The van der Waals surface area contributed by atoms with Crippen molar-refractivity contribution in [2.24, 2.45) is 4.99 Å². The zero-order chi connectivity index (χ0) is 32.0. The van der Waals surface area contributed by atoms with Crippen LogP contribution in [0.3, 0.4) is 0 Å². The highest BCUT2D eigenvalue weighted by atomic mass is 32.2. The number of fused-ring (bicyclic) bond motifs is 1. The fourth-order valence-corrected chi connectivity index (χ4v) is 8.54. The summed E-state index contributed by atoms with van der Waals surface area (Å²) < 4.78 is 112. The summed E-state index contributed by atoms with van der Waals surface area (Å²) in [4.78, 5) is 31.0. The molecule has 2 amide bonds. The van der Waals surface area contributed by atoms with Crippen LogP contribution in [-0.2, 0) is 38.1 Å². The molecule has 8 nitrogen and oxygen atoms in total. The third-order valence-corrected chi connectivity index (χ3v) is 9.60. The Hall–Kier alpha value is -3.27. The zero-order valence-corrected chi connectivity index (χ0v) is 24.6. The number of rotatable bonds is 5. The van der Waals surface area contributed by atoms with E-state index in [-0.39, 0.29) is 17.7 Å². The van der Waals surface area contributed by atoms with Gasteiger partial charge in [0.05, 0.1) is 28.7 Å². The average Bonchev–Trinajstić information content (AvgIpc) is 3.32. The SMILES string of the molecule is CC(C)(C)OC(=O)N[C@H](Cc1ccccc1)C(=O)N=C1S[C@H]2CS(=O)(=O)C[C@H]2N1c1cc(C(F)(F)F)cc(C(F)(F)F)c1. The first kappa shape index (κ1) is 32.6. The number of hydrogen-bond donors (Lipinski definition) is 1. The molecule has 4 rings (SSSR count). The maximum atomic E-state index is 13.6. The van der Waals surface area contributed by atoms with Crippen LogP contribution in [0.15, 0.2) is 53.5 Å². The predicted octanol–water partition coefficient (Wildman–Crippen LogP) is 5.46. The summed E-state index contributed by atoms with van der Waals surface area (Å²) in [5.74, 6) is -1.95. The number of amides is 2. The number of benzene rings is 2. The van der Waals surface area contributed by atoms with Crippen molar-refractivity contribution in [3.8, 4) is 0 Å². The van der Waals surface area contributed by atoms with E-state index in [1.54, 1.807) is 51.1 Å². The third kappa shape index (κ3) is 8.22. The lowest BCUT2D eigenvalue weighted by atomic mass is 10.1. The van der Waals surface area contributed by atoms with E-state index in [4.69, 9.17) is 4.74 Å². The topological polar surface area (TPSA) is 105 Å². The Kier molecular flexibility index (Phi) is 8.86. The van der Waals surface area contributed by atoms with Gasteiger partial charge in [-0.2, -0.15) is 31.3 Å². The number of aliphatic imine (C=N–C) groups is 1. The first-order valence-electron chi connectivity index (χ1n) is 12.8. The van der Waals surface area contributed by atoms with Crippen molar-refractivity contribution in [3.05, 3.63) is 65.2 Å². The van der Waals surface area contributed by atoms with Crippen molar-refractivity contribution in [1.82, 2.24) is 5.32 Å². The fraction of sp³-hybridized carbons (Fsp3) is 0.444. The fourth-order valence-electron chi connectivity index (χ4n) is 4.62. The van der Waals surface area contributed by atoms with Crippen molar-refractivity contribution < 1.29 is 49.1 Å². The van der Waals surface area contributed by atoms with Crippen LogP contribution in [0.4, 0.5) is 36.8 Å². The Balaban J connectivity index is 1.78. The number of alkyl carbamates (subject to hydrolysis) is 1.